The minimum absolute atomic E-state index is 0.138. The third-order valence-electron chi connectivity index (χ3n) is 3.36. The molecule has 1 amide bonds. The van der Waals surface area contributed by atoms with Gasteiger partial charge < -0.3 is 20.6 Å². The Morgan fingerprint density at radius 1 is 1.32 bits per heavy atom. The summed E-state index contributed by atoms with van der Waals surface area (Å²) in [6, 6.07) is 5.22. The second kappa shape index (κ2) is 7.70. The molecule has 2 heterocycles. The number of nitrogens with one attached hydrogen (secondary N) is 4. The maximum Gasteiger partial charge on any atom is 0.323 e. The van der Waals surface area contributed by atoms with Crippen LogP contribution in [-0.4, -0.2) is 37.9 Å². The zero-order valence-electron chi connectivity index (χ0n) is 13.8. The first-order valence-electron chi connectivity index (χ1n) is 7.82. The molecule has 8 nitrogen and oxygen atoms in total. The largest absolute Gasteiger partial charge is 0.360 e. The molecule has 3 rings (SSSR count). The lowest BCUT2D eigenvalue weighted by molar-refractivity contribution is -0.115. The number of rotatable bonds is 7. The van der Waals surface area contributed by atoms with Gasteiger partial charge in [0, 0.05) is 12.2 Å². The van der Waals surface area contributed by atoms with Crippen molar-refractivity contribution in [3.63, 3.8) is 0 Å². The topological polar surface area (TPSA) is 116 Å². The van der Waals surface area contributed by atoms with Gasteiger partial charge in [-0.2, -0.15) is 0 Å². The molecule has 2 aromatic heterocycles. The molecule has 1 atom stereocenters. The molecule has 3 aromatic rings. The number of carbonyl (C=O) groups excluding carboxylic acids is 1. The van der Waals surface area contributed by atoms with Crippen molar-refractivity contribution < 1.29 is 4.79 Å². The van der Waals surface area contributed by atoms with Crippen LogP contribution < -0.4 is 16.3 Å². The predicted octanol–water partition coefficient (Wildman–Crippen LogP) is 2.65. The van der Waals surface area contributed by atoms with Gasteiger partial charge >= 0.3 is 5.69 Å². The first kappa shape index (κ1) is 17.5. The van der Waals surface area contributed by atoms with Crippen LogP contribution in [0.1, 0.15) is 20.3 Å². The monoisotopic (exact) mass is 378 g/mol. The number of amides is 1. The van der Waals surface area contributed by atoms with Gasteiger partial charge in [-0.15, -0.1) is 10.2 Å². The minimum atomic E-state index is -0.326. The number of hydrogen-bond acceptors (Lipinski definition) is 7. The number of fused-ring (bicyclic) bond motifs is 1. The van der Waals surface area contributed by atoms with E-state index in [4.69, 9.17) is 0 Å². The van der Waals surface area contributed by atoms with Gasteiger partial charge in [0.2, 0.25) is 11.0 Å². The van der Waals surface area contributed by atoms with E-state index in [-0.39, 0.29) is 16.8 Å². The Bertz CT molecular complexity index is 931. The quantitative estimate of drug-likeness (QED) is 0.470. The van der Waals surface area contributed by atoms with Gasteiger partial charge in [0.15, 0.2) is 4.34 Å². The number of carbonyl (C=O) groups is 1. The molecule has 1 unspecified atom stereocenters. The van der Waals surface area contributed by atoms with Crippen LogP contribution in [0.5, 0.6) is 0 Å². The number of hydrogen-bond donors (Lipinski definition) is 4. The normalized spacial score (nSPS) is 12.2. The second-order valence-electron chi connectivity index (χ2n) is 5.39. The average molecular weight is 378 g/mol. The molecule has 25 heavy (non-hydrogen) atoms. The summed E-state index contributed by atoms with van der Waals surface area (Å²) < 4.78 is 0.742. The lowest BCUT2D eigenvalue weighted by Gasteiger charge is -2.10. The van der Waals surface area contributed by atoms with Crippen LogP contribution in [0.2, 0.25) is 0 Å². The van der Waals surface area contributed by atoms with Crippen LogP contribution in [0.25, 0.3) is 11.0 Å². The number of benzene rings is 1. The summed E-state index contributed by atoms with van der Waals surface area (Å²) in [5.41, 5.74) is 1.71. The maximum atomic E-state index is 12.4. The molecule has 0 spiro atoms. The van der Waals surface area contributed by atoms with E-state index < -0.39 is 0 Å². The van der Waals surface area contributed by atoms with Crippen LogP contribution in [0.4, 0.5) is 10.8 Å². The van der Waals surface area contributed by atoms with E-state index in [1.807, 2.05) is 6.92 Å². The van der Waals surface area contributed by atoms with Crippen molar-refractivity contribution >= 4 is 50.9 Å². The molecule has 0 fully saturated rings. The number of H-pyrrole nitrogens is 2. The molecule has 10 heteroatoms. The summed E-state index contributed by atoms with van der Waals surface area (Å²) in [6.45, 7) is 4.74. The highest BCUT2D eigenvalue weighted by molar-refractivity contribution is 8.02. The molecular formula is C15H18N6O2S2. The smallest absolute Gasteiger partial charge is 0.323 e. The van der Waals surface area contributed by atoms with Crippen LogP contribution >= 0.6 is 23.1 Å². The van der Waals surface area contributed by atoms with E-state index in [1.54, 1.807) is 18.2 Å². The second-order valence-corrected chi connectivity index (χ2v) is 7.95. The van der Waals surface area contributed by atoms with E-state index in [9.17, 15) is 9.59 Å². The number of anilines is 2. The first-order chi connectivity index (χ1) is 12.0. The highest BCUT2D eigenvalue weighted by atomic mass is 32.2. The van der Waals surface area contributed by atoms with Gasteiger partial charge in [0.05, 0.1) is 16.3 Å². The Morgan fingerprint density at radius 2 is 2.12 bits per heavy atom. The van der Waals surface area contributed by atoms with Gasteiger partial charge in [-0.25, -0.2) is 4.79 Å². The first-order valence-corrected chi connectivity index (χ1v) is 9.51. The molecule has 0 aliphatic carbocycles. The third kappa shape index (κ3) is 4.40. The fraction of sp³-hybridized carbons (Fsp3) is 0.333. The Morgan fingerprint density at radius 3 is 2.92 bits per heavy atom. The molecule has 1 aromatic carbocycles. The Balaban J connectivity index is 1.61. The highest BCUT2D eigenvalue weighted by Crippen LogP contribution is 2.29. The fourth-order valence-electron chi connectivity index (χ4n) is 2.12. The molecule has 0 saturated carbocycles. The van der Waals surface area contributed by atoms with Crippen molar-refractivity contribution in [3.05, 3.63) is 28.7 Å². The summed E-state index contributed by atoms with van der Waals surface area (Å²) in [7, 11) is 0. The number of nitrogens with zero attached hydrogens (tertiary/aromatic N) is 2. The van der Waals surface area contributed by atoms with Crippen molar-refractivity contribution in [3.8, 4) is 0 Å². The van der Waals surface area contributed by atoms with Gasteiger partial charge in [-0.1, -0.05) is 30.0 Å². The van der Waals surface area contributed by atoms with Crippen molar-refractivity contribution in [2.24, 2.45) is 0 Å². The molecule has 0 saturated heterocycles. The lowest BCUT2D eigenvalue weighted by Crippen LogP contribution is -2.22. The van der Waals surface area contributed by atoms with E-state index in [2.05, 4.69) is 37.7 Å². The zero-order valence-corrected chi connectivity index (χ0v) is 15.4. The zero-order chi connectivity index (χ0) is 17.8. The average Bonchev–Trinajstić information content (AvgIpc) is 3.17. The number of thioether (sulfide) groups is 1. The molecular weight excluding hydrogens is 360 g/mol. The van der Waals surface area contributed by atoms with E-state index in [0.29, 0.717) is 16.7 Å². The lowest BCUT2D eigenvalue weighted by atomic mass is 10.2. The third-order valence-corrected chi connectivity index (χ3v) is 5.43. The fourth-order valence-corrected chi connectivity index (χ4v) is 4.04. The summed E-state index contributed by atoms with van der Waals surface area (Å²) >= 11 is 2.80. The maximum absolute atomic E-state index is 12.4. The van der Waals surface area contributed by atoms with Crippen molar-refractivity contribution in [1.29, 1.82) is 0 Å². The SMILES string of the molecule is CCCNc1nnc(SC(C)C(=O)Nc2ccc3[nH]c(=O)[nH]c3c2)s1. The van der Waals surface area contributed by atoms with Crippen LogP contribution in [0, 0.1) is 0 Å². The molecule has 0 radical (unpaired) electrons. The van der Waals surface area contributed by atoms with Gasteiger partial charge in [0.25, 0.3) is 0 Å². The van der Waals surface area contributed by atoms with Crippen molar-refractivity contribution in [2.45, 2.75) is 29.9 Å². The van der Waals surface area contributed by atoms with Crippen molar-refractivity contribution in [1.82, 2.24) is 20.2 Å². The summed E-state index contributed by atoms with van der Waals surface area (Å²) in [6.07, 6.45) is 1.01. The Kier molecular flexibility index (Phi) is 5.39. The summed E-state index contributed by atoms with van der Waals surface area (Å²) in [5.74, 6) is -0.138. The minimum Gasteiger partial charge on any atom is -0.360 e. The number of aromatic amines is 2. The number of imidazole rings is 1. The van der Waals surface area contributed by atoms with Crippen LogP contribution in [0.3, 0.4) is 0 Å². The van der Waals surface area contributed by atoms with E-state index in [0.717, 1.165) is 22.4 Å². The van der Waals surface area contributed by atoms with Gasteiger partial charge in [0.1, 0.15) is 0 Å². The number of aromatic nitrogens is 4. The van der Waals surface area contributed by atoms with Gasteiger partial charge in [-0.3, -0.25) is 4.79 Å². The molecule has 4 N–H and O–H groups in total. The van der Waals surface area contributed by atoms with Crippen LogP contribution in [0.15, 0.2) is 27.3 Å². The Hall–Kier alpha value is -2.33. The molecule has 0 bridgehead atoms. The molecule has 0 aliphatic rings. The predicted molar refractivity (Wildman–Crippen MR) is 102 cm³/mol. The molecule has 0 aliphatic heterocycles. The van der Waals surface area contributed by atoms with Crippen molar-refractivity contribution in [2.75, 3.05) is 17.2 Å². The highest BCUT2D eigenvalue weighted by Gasteiger charge is 2.17. The van der Waals surface area contributed by atoms with Crippen LogP contribution in [-0.2, 0) is 4.79 Å². The summed E-state index contributed by atoms with van der Waals surface area (Å²) in [4.78, 5) is 29.0. The van der Waals surface area contributed by atoms with Gasteiger partial charge in [-0.05, 0) is 31.5 Å². The summed E-state index contributed by atoms with van der Waals surface area (Å²) in [5, 5.41) is 14.6. The van der Waals surface area contributed by atoms with E-state index >= 15 is 0 Å². The van der Waals surface area contributed by atoms with E-state index in [1.165, 1.54) is 23.1 Å². The standard InChI is InChI=1S/C15H18N6O2S2/c1-3-6-16-14-20-21-15(25-14)24-8(2)12(22)17-9-4-5-10-11(7-9)19-13(23)18-10/h4-5,7-8H,3,6H2,1-2H3,(H,16,20)(H,17,22)(H2,18,19,23). The molecule has 132 valence electrons. The Labute approximate surface area is 151 Å².